The largest absolute Gasteiger partial charge is 0.506 e. The van der Waals surface area contributed by atoms with Crippen molar-refractivity contribution >= 4 is 57.3 Å². The number of nitrogens with zero attached hydrogens (tertiary/aromatic N) is 1. The summed E-state index contributed by atoms with van der Waals surface area (Å²) < 4.78 is 1.37. The lowest BCUT2D eigenvalue weighted by Crippen LogP contribution is -2.43. The van der Waals surface area contributed by atoms with Gasteiger partial charge in [-0.1, -0.05) is 60.7 Å². The molecule has 0 atom stereocenters. The highest BCUT2D eigenvalue weighted by Gasteiger charge is 2.39. The average Bonchev–Trinajstić information content (AvgIpc) is 2.72. The molecule has 0 saturated heterocycles. The first kappa shape index (κ1) is 20.7. The highest BCUT2D eigenvalue weighted by atomic mass is 127. The molecule has 5 nitrogen and oxygen atoms in total. The van der Waals surface area contributed by atoms with Gasteiger partial charge in [-0.15, -0.1) is 0 Å². The first-order valence-corrected chi connectivity index (χ1v) is 10.4. The molecule has 0 fully saturated rings. The lowest BCUT2D eigenvalue weighted by atomic mass is 9.85. The third-order valence-corrected chi connectivity index (χ3v) is 5.78. The first-order valence-electron chi connectivity index (χ1n) is 8.28. The van der Waals surface area contributed by atoms with E-state index in [2.05, 4.69) is 10.5 Å². The Bertz CT molecular complexity index is 946. The van der Waals surface area contributed by atoms with Gasteiger partial charge in [-0.3, -0.25) is 4.79 Å². The number of hydrazone groups is 1. The summed E-state index contributed by atoms with van der Waals surface area (Å²) in [5.41, 5.74) is 2.17. The van der Waals surface area contributed by atoms with Crippen LogP contribution in [0.2, 0.25) is 0 Å². The summed E-state index contributed by atoms with van der Waals surface area (Å²) in [6.45, 7) is 0. The summed E-state index contributed by atoms with van der Waals surface area (Å²) in [4.78, 5) is 12.9. The summed E-state index contributed by atoms with van der Waals surface area (Å²) in [7, 11) is 0. The van der Waals surface area contributed by atoms with Crippen molar-refractivity contribution < 1.29 is 15.0 Å². The van der Waals surface area contributed by atoms with E-state index in [0.717, 1.165) is 5.56 Å². The van der Waals surface area contributed by atoms with Gasteiger partial charge in [-0.2, -0.15) is 5.10 Å². The van der Waals surface area contributed by atoms with Crippen molar-refractivity contribution in [3.63, 3.8) is 0 Å². The maximum absolute atomic E-state index is 12.9. The van der Waals surface area contributed by atoms with Gasteiger partial charge in [0.05, 0.1) is 13.4 Å². The Balaban J connectivity index is 1.89. The van der Waals surface area contributed by atoms with Crippen LogP contribution in [0.1, 0.15) is 16.7 Å². The number of aliphatic hydroxyl groups is 1. The van der Waals surface area contributed by atoms with Crippen LogP contribution in [0.5, 0.6) is 5.75 Å². The Hall–Kier alpha value is -1.98. The molecule has 0 saturated carbocycles. The normalized spacial score (nSPS) is 11.5. The smallest absolute Gasteiger partial charge is 0.281 e. The maximum atomic E-state index is 12.9. The summed E-state index contributed by atoms with van der Waals surface area (Å²) in [6, 6.07) is 21.0. The van der Waals surface area contributed by atoms with Gasteiger partial charge >= 0.3 is 0 Å². The fourth-order valence-corrected chi connectivity index (χ4v) is 4.51. The fourth-order valence-electron chi connectivity index (χ4n) is 2.69. The second-order valence-electron chi connectivity index (χ2n) is 5.97. The third-order valence-electron chi connectivity index (χ3n) is 4.13. The van der Waals surface area contributed by atoms with Crippen molar-refractivity contribution in [3.05, 3.63) is 96.6 Å². The molecule has 0 aliphatic carbocycles. The molecule has 3 N–H and O–H groups in total. The summed E-state index contributed by atoms with van der Waals surface area (Å²) in [5.74, 6) is -0.450. The van der Waals surface area contributed by atoms with E-state index in [-0.39, 0.29) is 5.75 Å². The molecule has 0 aliphatic heterocycles. The molecule has 7 heteroatoms. The number of rotatable bonds is 5. The third kappa shape index (κ3) is 4.36. The Morgan fingerprint density at radius 2 is 1.39 bits per heavy atom. The van der Waals surface area contributed by atoms with Crippen LogP contribution in [-0.2, 0) is 10.4 Å². The molecule has 0 unspecified atom stereocenters. The number of benzene rings is 3. The zero-order chi connectivity index (χ0) is 20.1. The van der Waals surface area contributed by atoms with E-state index in [1.807, 2.05) is 57.3 Å². The van der Waals surface area contributed by atoms with Crippen LogP contribution in [0.3, 0.4) is 0 Å². The molecule has 0 heterocycles. The number of phenolic OH excluding ortho intramolecular Hbond substituents is 1. The summed E-state index contributed by atoms with van der Waals surface area (Å²) in [5, 5.41) is 25.2. The Morgan fingerprint density at radius 1 is 0.929 bits per heavy atom. The van der Waals surface area contributed by atoms with E-state index in [1.54, 1.807) is 60.7 Å². The molecule has 142 valence electrons. The average molecular weight is 598 g/mol. The van der Waals surface area contributed by atoms with Crippen LogP contribution in [-0.4, -0.2) is 22.3 Å². The van der Waals surface area contributed by atoms with Gasteiger partial charge in [0.1, 0.15) is 5.75 Å². The van der Waals surface area contributed by atoms with Gasteiger partial charge in [-0.25, -0.2) is 5.43 Å². The van der Waals surface area contributed by atoms with Crippen molar-refractivity contribution in [2.24, 2.45) is 5.10 Å². The number of hydrogen-bond acceptors (Lipinski definition) is 4. The van der Waals surface area contributed by atoms with Crippen molar-refractivity contribution in [2.75, 3.05) is 0 Å². The van der Waals surface area contributed by atoms with E-state index in [4.69, 9.17) is 0 Å². The molecule has 3 aromatic carbocycles. The fraction of sp³-hybridized carbons (Fsp3) is 0.0476. The molecular formula is C21H16I2N2O3. The zero-order valence-electron chi connectivity index (χ0n) is 14.5. The molecule has 0 aromatic heterocycles. The number of carbonyl (C=O) groups excluding carboxylic acids is 1. The van der Waals surface area contributed by atoms with Gasteiger partial charge in [0.2, 0.25) is 0 Å². The van der Waals surface area contributed by atoms with Gasteiger partial charge < -0.3 is 10.2 Å². The van der Waals surface area contributed by atoms with E-state index >= 15 is 0 Å². The Labute approximate surface area is 189 Å². The molecule has 0 radical (unpaired) electrons. The van der Waals surface area contributed by atoms with Crippen LogP contribution in [0.25, 0.3) is 0 Å². The zero-order valence-corrected chi connectivity index (χ0v) is 18.8. The Morgan fingerprint density at radius 3 is 1.86 bits per heavy atom. The highest BCUT2D eigenvalue weighted by Crippen LogP contribution is 2.30. The molecule has 0 spiro atoms. The van der Waals surface area contributed by atoms with Crippen molar-refractivity contribution in [2.45, 2.75) is 5.60 Å². The number of nitrogens with one attached hydrogen (secondary N) is 1. The molecule has 3 rings (SSSR count). The van der Waals surface area contributed by atoms with Gasteiger partial charge in [0.15, 0.2) is 5.60 Å². The predicted octanol–water partition coefficient (Wildman–Crippen LogP) is 3.99. The van der Waals surface area contributed by atoms with Gasteiger partial charge in [-0.05, 0) is 74.0 Å². The number of halogens is 2. The maximum Gasteiger partial charge on any atom is 0.281 e. The first-order chi connectivity index (χ1) is 13.4. The van der Waals surface area contributed by atoms with E-state index in [9.17, 15) is 15.0 Å². The summed E-state index contributed by atoms with van der Waals surface area (Å²) >= 11 is 4.05. The van der Waals surface area contributed by atoms with Crippen molar-refractivity contribution in [1.82, 2.24) is 5.43 Å². The molecular weight excluding hydrogens is 582 g/mol. The SMILES string of the molecule is O=C(NN=Cc1cc(I)c(O)c(I)c1)C(O)(c1ccccc1)c1ccccc1. The molecule has 0 bridgehead atoms. The van der Waals surface area contributed by atoms with Crippen molar-refractivity contribution in [1.29, 1.82) is 0 Å². The number of phenols is 1. The standard InChI is InChI=1S/C21H16I2N2O3/c22-17-11-14(12-18(23)19(17)26)13-24-25-20(27)21(28,15-7-3-1-4-8-15)16-9-5-2-6-10-16/h1-13,26,28H,(H,25,27). The number of amides is 1. The number of hydrogen-bond donors (Lipinski definition) is 3. The molecule has 0 aliphatic rings. The second kappa shape index (κ2) is 9.01. The molecule has 1 amide bonds. The van der Waals surface area contributed by atoms with Crippen LogP contribution in [0.4, 0.5) is 0 Å². The second-order valence-corrected chi connectivity index (χ2v) is 8.30. The lowest BCUT2D eigenvalue weighted by molar-refractivity contribution is -0.136. The van der Waals surface area contributed by atoms with E-state index in [1.165, 1.54) is 6.21 Å². The quantitative estimate of drug-likeness (QED) is 0.236. The van der Waals surface area contributed by atoms with Gasteiger partial charge in [0, 0.05) is 0 Å². The van der Waals surface area contributed by atoms with E-state index in [0.29, 0.717) is 18.3 Å². The van der Waals surface area contributed by atoms with Crippen LogP contribution in [0.15, 0.2) is 77.9 Å². The monoisotopic (exact) mass is 598 g/mol. The predicted molar refractivity (Wildman–Crippen MR) is 125 cm³/mol. The number of carbonyl (C=O) groups is 1. The van der Waals surface area contributed by atoms with E-state index < -0.39 is 11.5 Å². The van der Waals surface area contributed by atoms with Crippen LogP contribution in [0, 0.1) is 7.14 Å². The minimum Gasteiger partial charge on any atom is -0.506 e. The Kier molecular flexibility index (Phi) is 6.68. The van der Waals surface area contributed by atoms with Crippen LogP contribution < -0.4 is 5.43 Å². The highest BCUT2D eigenvalue weighted by molar-refractivity contribution is 14.1. The summed E-state index contributed by atoms with van der Waals surface area (Å²) in [6.07, 6.45) is 1.47. The number of aromatic hydroxyl groups is 1. The molecule has 28 heavy (non-hydrogen) atoms. The van der Waals surface area contributed by atoms with Gasteiger partial charge in [0.25, 0.3) is 5.91 Å². The van der Waals surface area contributed by atoms with Crippen LogP contribution >= 0.6 is 45.2 Å². The van der Waals surface area contributed by atoms with Crippen molar-refractivity contribution in [3.8, 4) is 5.75 Å². The minimum atomic E-state index is -1.88. The molecule has 3 aromatic rings. The minimum absolute atomic E-state index is 0.213. The topological polar surface area (TPSA) is 81.9 Å². The lowest BCUT2D eigenvalue weighted by Gasteiger charge is -2.27.